The topological polar surface area (TPSA) is 30.5 Å². The van der Waals surface area contributed by atoms with E-state index < -0.39 is 8.53 Å². The minimum Gasteiger partial charge on any atom is -0.319 e. The number of rotatable bonds is 5. The smallest absolute Gasteiger partial charge is 0.271 e. The summed E-state index contributed by atoms with van der Waals surface area (Å²) in [5.74, 6) is 0. The molecular formula is C6H15ClNO2P. The molecule has 0 aromatic heterocycles. The first-order valence-electron chi connectivity index (χ1n) is 3.56. The summed E-state index contributed by atoms with van der Waals surface area (Å²) >= 11 is 5.38. The van der Waals surface area contributed by atoms with Gasteiger partial charge in [-0.3, -0.25) is 0 Å². The molecule has 0 fully saturated rings. The summed E-state index contributed by atoms with van der Waals surface area (Å²) in [6, 6.07) is 0. The first-order chi connectivity index (χ1) is 5.06. The van der Waals surface area contributed by atoms with E-state index in [2.05, 4.69) is 4.61 Å². The molecule has 0 saturated carbocycles. The van der Waals surface area contributed by atoms with Crippen molar-refractivity contribution in [2.75, 3.05) is 0 Å². The van der Waals surface area contributed by atoms with Crippen LogP contribution in [0.1, 0.15) is 27.7 Å². The summed E-state index contributed by atoms with van der Waals surface area (Å²) in [7, 11) is -1.12. The Morgan fingerprint density at radius 3 is 1.64 bits per heavy atom. The molecule has 0 saturated heterocycles. The SMILES string of the molecule is CC(C)OP(NCl)OC(C)C. The largest absolute Gasteiger partial charge is 0.319 e. The third-order valence-electron chi connectivity index (χ3n) is 0.682. The van der Waals surface area contributed by atoms with Gasteiger partial charge in [0.2, 0.25) is 0 Å². The van der Waals surface area contributed by atoms with E-state index in [1.54, 1.807) is 0 Å². The van der Waals surface area contributed by atoms with Gasteiger partial charge in [-0.25, -0.2) is 0 Å². The molecule has 0 aliphatic carbocycles. The van der Waals surface area contributed by atoms with Gasteiger partial charge in [0.1, 0.15) is 0 Å². The zero-order valence-electron chi connectivity index (χ0n) is 7.30. The number of halogens is 1. The van der Waals surface area contributed by atoms with Gasteiger partial charge in [-0.1, -0.05) is 0 Å². The van der Waals surface area contributed by atoms with E-state index in [-0.39, 0.29) is 12.2 Å². The summed E-state index contributed by atoms with van der Waals surface area (Å²) < 4.78 is 13.1. The van der Waals surface area contributed by atoms with Gasteiger partial charge in [0.15, 0.2) is 0 Å². The van der Waals surface area contributed by atoms with Crippen LogP contribution in [-0.2, 0) is 9.05 Å². The summed E-state index contributed by atoms with van der Waals surface area (Å²) in [5, 5.41) is 0. The number of hydrogen-bond acceptors (Lipinski definition) is 3. The zero-order valence-corrected chi connectivity index (χ0v) is 8.95. The zero-order chi connectivity index (χ0) is 8.85. The number of nitrogens with one attached hydrogen (secondary N) is 1. The Balaban J connectivity index is 3.58. The van der Waals surface area contributed by atoms with E-state index in [9.17, 15) is 0 Å². The number of hydrogen-bond donors (Lipinski definition) is 1. The lowest BCUT2D eigenvalue weighted by molar-refractivity contribution is 0.175. The van der Waals surface area contributed by atoms with Crippen LogP contribution in [0.3, 0.4) is 0 Å². The molecule has 68 valence electrons. The quantitative estimate of drug-likeness (QED) is 0.546. The molecule has 0 unspecified atom stereocenters. The van der Waals surface area contributed by atoms with Gasteiger partial charge in [0.25, 0.3) is 8.53 Å². The molecule has 0 amide bonds. The summed E-state index contributed by atoms with van der Waals surface area (Å²) in [6.45, 7) is 7.75. The minimum absolute atomic E-state index is 0.131. The third-order valence-corrected chi connectivity index (χ3v) is 2.46. The Hall–Kier alpha value is 0.600. The van der Waals surface area contributed by atoms with Crippen molar-refractivity contribution in [2.45, 2.75) is 39.9 Å². The van der Waals surface area contributed by atoms with E-state index in [4.69, 9.17) is 20.8 Å². The summed E-state index contributed by atoms with van der Waals surface area (Å²) in [6.07, 6.45) is 0.261. The highest BCUT2D eigenvalue weighted by Gasteiger charge is 2.12. The first-order valence-corrected chi connectivity index (χ1v) is 5.11. The van der Waals surface area contributed by atoms with Crippen molar-refractivity contribution in [3.05, 3.63) is 0 Å². The van der Waals surface area contributed by atoms with Crippen molar-refractivity contribution in [2.24, 2.45) is 0 Å². The Labute approximate surface area is 74.5 Å². The van der Waals surface area contributed by atoms with Gasteiger partial charge in [0.05, 0.1) is 12.2 Å². The Morgan fingerprint density at radius 2 is 1.45 bits per heavy atom. The maximum absolute atomic E-state index is 5.38. The van der Waals surface area contributed by atoms with Crippen molar-refractivity contribution in [3.63, 3.8) is 0 Å². The predicted octanol–water partition coefficient (Wildman–Crippen LogP) is 2.81. The van der Waals surface area contributed by atoms with Crippen LogP contribution in [0.2, 0.25) is 0 Å². The standard InChI is InChI=1S/C6H15ClNO2P/c1-5(2)9-11(8-7)10-6(3)4/h5-6,8H,1-4H3. The highest BCUT2D eigenvalue weighted by atomic mass is 35.5. The van der Waals surface area contributed by atoms with Gasteiger partial charge in [-0.15, -0.1) is 0 Å². The van der Waals surface area contributed by atoms with E-state index in [1.165, 1.54) is 0 Å². The minimum atomic E-state index is -1.12. The van der Waals surface area contributed by atoms with E-state index in [0.717, 1.165) is 0 Å². The second kappa shape index (κ2) is 6.15. The fourth-order valence-corrected chi connectivity index (χ4v) is 1.58. The van der Waals surface area contributed by atoms with Crippen LogP contribution in [0.15, 0.2) is 0 Å². The van der Waals surface area contributed by atoms with Gasteiger partial charge >= 0.3 is 0 Å². The molecule has 0 bridgehead atoms. The maximum Gasteiger partial charge on any atom is 0.271 e. The van der Waals surface area contributed by atoms with Crippen LogP contribution in [0.5, 0.6) is 0 Å². The van der Waals surface area contributed by atoms with Crippen LogP contribution in [0.25, 0.3) is 0 Å². The average Bonchev–Trinajstić information content (AvgIpc) is 1.84. The van der Waals surface area contributed by atoms with Gasteiger partial charge < -0.3 is 9.05 Å². The van der Waals surface area contributed by atoms with Gasteiger partial charge in [-0.05, 0) is 39.5 Å². The Bertz CT molecular complexity index is 92.6. The molecule has 0 radical (unpaired) electrons. The predicted molar refractivity (Wildman–Crippen MR) is 48.4 cm³/mol. The first kappa shape index (κ1) is 11.6. The lowest BCUT2D eigenvalue weighted by Crippen LogP contribution is -2.09. The normalized spacial score (nSPS) is 12.0. The Morgan fingerprint density at radius 1 is 1.09 bits per heavy atom. The van der Waals surface area contributed by atoms with E-state index in [1.807, 2.05) is 27.7 Å². The highest BCUT2D eigenvalue weighted by Crippen LogP contribution is 2.36. The molecule has 0 aliphatic heterocycles. The van der Waals surface area contributed by atoms with Crippen molar-refractivity contribution in [3.8, 4) is 0 Å². The van der Waals surface area contributed by atoms with Crippen LogP contribution >= 0.6 is 20.3 Å². The molecular weight excluding hydrogens is 184 g/mol. The molecule has 0 heterocycles. The van der Waals surface area contributed by atoms with Crippen molar-refractivity contribution >= 4 is 20.3 Å². The molecule has 1 N–H and O–H groups in total. The monoisotopic (exact) mass is 199 g/mol. The molecule has 0 aromatic rings. The fourth-order valence-electron chi connectivity index (χ4n) is 0.448. The summed E-state index contributed by atoms with van der Waals surface area (Å²) in [5.41, 5.74) is 0. The van der Waals surface area contributed by atoms with Crippen molar-refractivity contribution in [1.29, 1.82) is 0 Å². The van der Waals surface area contributed by atoms with E-state index >= 15 is 0 Å². The second-order valence-corrected chi connectivity index (χ2v) is 4.26. The van der Waals surface area contributed by atoms with Gasteiger partial charge in [-0.2, -0.15) is 4.61 Å². The highest BCUT2D eigenvalue weighted by molar-refractivity contribution is 7.46. The molecule has 3 nitrogen and oxygen atoms in total. The van der Waals surface area contributed by atoms with Crippen LogP contribution in [0.4, 0.5) is 0 Å². The molecule has 0 atom stereocenters. The molecule has 5 heteroatoms. The lowest BCUT2D eigenvalue weighted by Gasteiger charge is -2.18. The fraction of sp³-hybridized carbons (Fsp3) is 1.00. The van der Waals surface area contributed by atoms with Crippen LogP contribution < -0.4 is 4.61 Å². The maximum atomic E-state index is 5.38. The third kappa shape index (κ3) is 6.98. The van der Waals surface area contributed by atoms with Crippen molar-refractivity contribution < 1.29 is 9.05 Å². The molecule has 11 heavy (non-hydrogen) atoms. The molecule has 0 rings (SSSR count). The molecule has 0 aliphatic rings. The molecule has 0 aromatic carbocycles. The van der Waals surface area contributed by atoms with Crippen molar-refractivity contribution in [1.82, 2.24) is 4.61 Å². The van der Waals surface area contributed by atoms with Crippen LogP contribution in [-0.4, -0.2) is 12.2 Å². The lowest BCUT2D eigenvalue weighted by atomic mass is 10.5. The Kier molecular flexibility index (Phi) is 6.49. The van der Waals surface area contributed by atoms with E-state index in [0.29, 0.717) is 0 Å². The van der Waals surface area contributed by atoms with Crippen LogP contribution in [0, 0.1) is 0 Å². The van der Waals surface area contributed by atoms with Gasteiger partial charge in [0, 0.05) is 0 Å². The second-order valence-electron chi connectivity index (χ2n) is 2.65. The summed E-state index contributed by atoms with van der Waals surface area (Å²) in [4.78, 5) is 0. The average molecular weight is 200 g/mol. The molecule has 0 spiro atoms.